The van der Waals surface area contributed by atoms with Crippen molar-refractivity contribution in [2.75, 3.05) is 6.54 Å². The number of amides is 1. The summed E-state index contributed by atoms with van der Waals surface area (Å²) in [5, 5.41) is 4.17. The van der Waals surface area contributed by atoms with Crippen LogP contribution in [0.2, 0.25) is 0 Å². The lowest BCUT2D eigenvalue weighted by molar-refractivity contribution is -0.137. The number of nitrogens with zero attached hydrogens (tertiary/aromatic N) is 3. The largest absolute Gasteiger partial charge is 0.420 e. The molecule has 0 saturated heterocycles. The fourth-order valence-electron chi connectivity index (χ4n) is 3.89. The Labute approximate surface area is 218 Å². The second-order valence-electron chi connectivity index (χ2n) is 8.88. The predicted octanol–water partition coefficient (Wildman–Crippen LogP) is 4.35. The minimum atomic E-state index is -1.52. The van der Waals surface area contributed by atoms with E-state index >= 15 is 0 Å². The van der Waals surface area contributed by atoms with Gasteiger partial charge in [0.25, 0.3) is 5.91 Å². The lowest BCUT2D eigenvalue weighted by Crippen LogP contribution is -2.50. The molecule has 1 aliphatic rings. The highest BCUT2D eigenvalue weighted by molar-refractivity contribution is 5.97. The van der Waals surface area contributed by atoms with Crippen LogP contribution in [0.1, 0.15) is 79.2 Å². The number of ether oxygens (including phenoxy) is 1. The van der Waals surface area contributed by atoms with Crippen molar-refractivity contribution < 1.29 is 26.7 Å². The van der Waals surface area contributed by atoms with Gasteiger partial charge in [-0.3, -0.25) is 19.1 Å². The maximum atomic E-state index is 13.8. The van der Waals surface area contributed by atoms with Crippen molar-refractivity contribution in [2.24, 2.45) is 5.92 Å². The van der Waals surface area contributed by atoms with Crippen LogP contribution in [0.25, 0.3) is 0 Å². The van der Waals surface area contributed by atoms with E-state index < -0.39 is 107 Å². The summed E-state index contributed by atoms with van der Waals surface area (Å²) in [7, 11) is 0. The molecule has 35 heavy (non-hydrogen) atoms. The second kappa shape index (κ2) is 9.86. The highest BCUT2D eigenvalue weighted by Crippen LogP contribution is 2.40. The number of fused-ring (bicyclic) bond motifs is 1. The van der Waals surface area contributed by atoms with Crippen molar-refractivity contribution in [2.45, 2.75) is 52.6 Å². The van der Waals surface area contributed by atoms with Crippen LogP contribution in [0.15, 0.2) is 65.4 Å². The predicted molar refractivity (Wildman–Crippen MR) is 134 cm³/mol. The first kappa shape index (κ1) is 15.3. The van der Waals surface area contributed by atoms with Crippen molar-refractivity contribution in [3.63, 3.8) is 0 Å². The highest BCUT2D eigenvalue weighted by atomic mass is 16.5. The van der Waals surface area contributed by atoms with E-state index in [-0.39, 0.29) is 23.2 Å². The van der Waals surface area contributed by atoms with Crippen molar-refractivity contribution >= 4 is 11.9 Å². The lowest BCUT2D eigenvalue weighted by atomic mass is 9.83. The Bertz CT molecular complexity index is 1650. The molecule has 2 heterocycles. The third kappa shape index (κ3) is 4.76. The topological polar surface area (TPSA) is 81.5 Å². The van der Waals surface area contributed by atoms with E-state index in [0.29, 0.717) is 0 Å². The van der Waals surface area contributed by atoms with E-state index in [2.05, 4.69) is 5.10 Å². The molecule has 0 saturated carbocycles. The van der Waals surface area contributed by atoms with E-state index in [4.69, 9.17) is 17.1 Å². The summed E-state index contributed by atoms with van der Waals surface area (Å²) in [6.07, 6.45) is 0.820. The third-order valence-electron chi connectivity index (χ3n) is 5.72. The van der Waals surface area contributed by atoms with Gasteiger partial charge >= 0.3 is 5.97 Å². The molecular formula is C28H31N3O4. The second-order valence-corrected chi connectivity index (χ2v) is 8.88. The third-order valence-corrected chi connectivity index (χ3v) is 5.72. The van der Waals surface area contributed by atoms with Gasteiger partial charge in [0.15, 0.2) is 5.69 Å². The van der Waals surface area contributed by atoms with Gasteiger partial charge in [0.1, 0.15) is 0 Å². The van der Waals surface area contributed by atoms with Crippen LogP contribution < -0.4 is 10.2 Å². The molecule has 0 N–H and O–H groups in total. The van der Waals surface area contributed by atoms with Gasteiger partial charge in [-0.05, 0) is 31.9 Å². The zero-order chi connectivity index (χ0) is 33.1. The van der Waals surface area contributed by atoms with Crippen molar-refractivity contribution in [3.8, 4) is 5.75 Å². The van der Waals surface area contributed by atoms with Crippen LogP contribution in [-0.2, 0) is 4.79 Å². The molecule has 2 aromatic carbocycles. The van der Waals surface area contributed by atoms with Gasteiger partial charge in [-0.1, -0.05) is 73.8 Å². The van der Waals surface area contributed by atoms with Gasteiger partial charge in [-0.15, -0.1) is 0 Å². The molecule has 1 aliphatic heterocycles. The van der Waals surface area contributed by atoms with Crippen molar-refractivity contribution in [1.82, 2.24) is 14.7 Å². The van der Waals surface area contributed by atoms with Gasteiger partial charge in [0.05, 0.1) is 30.5 Å². The minimum Gasteiger partial charge on any atom is -0.420 e. The highest BCUT2D eigenvalue weighted by Gasteiger charge is 2.41. The Morgan fingerprint density at radius 3 is 2.26 bits per heavy atom. The molecule has 4 rings (SSSR count). The van der Waals surface area contributed by atoms with Crippen LogP contribution in [0.4, 0.5) is 0 Å². The Morgan fingerprint density at radius 2 is 1.66 bits per heavy atom. The Balaban J connectivity index is 2.21. The van der Waals surface area contributed by atoms with Gasteiger partial charge in [0.2, 0.25) is 11.2 Å². The first-order chi connectivity index (χ1) is 20.4. The zero-order valence-electron chi connectivity index (χ0n) is 29.1. The number of rotatable bonds is 6. The first-order valence-electron chi connectivity index (χ1n) is 15.7. The maximum Gasteiger partial charge on any atom is 0.313 e. The van der Waals surface area contributed by atoms with Gasteiger partial charge in [-0.2, -0.15) is 5.10 Å². The Morgan fingerprint density at radius 1 is 1.03 bits per heavy atom. The fourth-order valence-corrected chi connectivity index (χ4v) is 3.89. The number of benzene rings is 2. The molecule has 0 bridgehead atoms. The van der Waals surface area contributed by atoms with Gasteiger partial charge < -0.3 is 9.64 Å². The van der Waals surface area contributed by atoms with Crippen LogP contribution in [0, 0.1) is 12.8 Å². The quantitative estimate of drug-likeness (QED) is 0.488. The summed E-state index contributed by atoms with van der Waals surface area (Å²) >= 11 is 0. The van der Waals surface area contributed by atoms with Gasteiger partial charge in [-0.25, -0.2) is 0 Å². The number of hydrogen-bond donors (Lipinski definition) is 0. The van der Waals surface area contributed by atoms with Crippen molar-refractivity contribution in [3.05, 3.63) is 93.2 Å². The molecule has 0 radical (unpaired) electrons. The number of carbonyl (C=O) groups excluding carboxylic acids is 2. The molecule has 0 spiro atoms. The molecule has 1 aromatic heterocycles. The maximum absolute atomic E-state index is 13.8. The minimum absolute atomic E-state index is 0.0382. The van der Waals surface area contributed by atoms with E-state index in [0.717, 1.165) is 10.9 Å². The number of hydrogen-bond acceptors (Lipinski definition) is 5. The molecule has 182 valence electrons. The molecule has 7 nitrogen and oxygen atoms in total. The molecule has 1 amide bonds. The lowest BCUT2D eigenvalue weighted by Gasteiger charge is -2.41. The summed E-state index contributed by atoms with van der Waals surface area (Å²) in [4.78, 5) is 40.8. The zero-order valence-corrected chi connectivity index (χ0v) is 20.1. The van der Waals surface area contributed by atoms with Crippen LogP contribution in [0.5, 0.6) is 5.75 Å². The number of aromatic nitrogens is 2. The molecule has 3 aromatic rings. The normalized spacial score (nSPS) is 20.0. The Kier molecular flexibility index (Phi) is 4.31. The first-order valence-corrected chi connectivity index (χ1v) is 11.2. The number of esters is 1. The van der Waals surface area contributed by atoms with E-state index in [1.165, 1.54) is 25.7 Å². The summed E-state index contributed by atoms with van der Waals surface area (Å²) in [5.74, 6) is -4.33. The van der Waals surface area contributed by atoms with Gasteiger partial charge in [0, 0.05) is 18.5 Å². The number of carbonyl (C=O) groups is 2. The summed E-state index contributed by atoms with van der Waals surface area (Å²) in [6, 6.07) is -6.96. The SMILES string of the molecule is [2H]c1c([2H])c([2H])c(C(c2c([2H])c([2H])c(C)c([2H])c2[2H])[C@H]2CN(C(C)C)C(=O)c3c(OC(=O)C(C)C)c(=O)cnn32)c([2H])c1[2H]. The summed E-state index contributed by atoms with van der Waals surface area (Å²) in [6.45, 7) is 7.59. The molecule has 0 aliphatic carbocycles. The fraction of sp³-hybridized carbons (Fsp3) is 0.357. The molecule has 1 unspecified atom stereocenters. The Hall–Kier alpha value is -3.74. The smallest absolute Gasteiger partial charge is 0.313 e. The average molecular weight is 483 g/mol. The van der Waals surface area contributed by atoms with E-state index in [1.807, 2.05) is 0 Å². The molecule has 7 heteroatoms. The monoisotopic (exact) mass is 482 g/mol. The average Bonchev–Trinajstić information content (AvgIpc) is 2.97. The summed E-state index contributed by atoms with van der Waals surface area (Å²) in [5.41, 5.74) is -1.91. The van der Waals surface area contributed by atoms with Crippen LogP contribution in [-0.4, -0.2) is 39.1 Å². The van der Waals surface area contributed by atoms with Crippen LogP contribution >= 0.6 is 0 Å². The molecule has 2 atom stereocenters. The molecule has 0 fully saturated rings. The van der Waals surface area contributed by atoms with Crippen molar-refractivity contribution in [1.29, 1.82) is 0 Å². The molecular weight excluding hydrogens is 442 g/mol. The van der Waals surface area contributed by atoms with E-state index in [9.17, 15) is 14.4 Å². The van der Waals surface area contributed by atoms with E-state index in [1.54, 1.807) is 13.8 Å². The summed E-state index contributed by atoms with van der Waals surface area (Å²) < 4.78 is 83.5. The standard InChI is InChI=1S/C28H31N3O4/c1-17(2)28(34)35-26-23(32)15-29-31-22(16-30(18(3)4)27(33)25(26)31)24(20-9-7-6-8-10-20)21-13-11-19(5)12-14-21/h6-15,17-18,22,24H,16H2,1-5H3/t22-,24?/m1/s1/i6D,7D,8D,9D,10D,11D,12D,13D,14D. The van der Waals surface area contributed by atoms with Crippen LogP contribution in [0.3, 0.4) is 0 Å².